The van der Waals surface area contributed by atoms with E-state index in [1.54, 1.807) is 12.0 Å². The van der Waals surface area contributed by atoms with Crippen molar-refractivity contribution in [3.63, 3.8) is 0 Å². The second kappa shape index (κ2) is 11.7. The van der Waals surface area contributed by atoms with Gasteiger partial charge in [-0.15, -0.1) is 0 Å². The average Bonchev–Trinajstić information content (AvgIpc) is 3.06. The van der Waals surface area contributed by atoms with E-state index in [2.05, 4.69) is 38.2 Å². The lowest BCUT2D eigenvalue weighted by Crippen LogP contribution is -2.29. The third kappa shape index (κ3) is 7.18. The van der Waals surface area contributed by atoms with Crippen molar-refractivity contribution in [2.75, 3.05) is 19.0 Å². The van der Waals surface area contributed by atoms with Crippen LogP contribution in [0.3, 0.4) is 0 Å². The molecule has 2 amide bonds. The third-order valence-corrected chi connectivity index (χ3v) is 6.99. The fraction of sp³-hybridized carbons (Fsp3) is 0.370. The number of nitrogens with zero attached hydrogens (tertiary/aromatic N) is 1. The highest BCUT2D eigenvalue weighted by atomic mass is 32.2. The number of hydrogen-bond acceptors (Lipinski definition) is 5. The molecule has 1 aliphatic rings. The van der Waals surface area contributed by atoms with Crippen LogP contribution in [0.1, 0.15) is 57.6 Å². The molecule has 34 heavy (non-hydrogen) atoms. The summed E-state index contributed by atoms with van der Waals surface area (Å²) >= 11 is 6.80. The van der Waals surface area contributed by atoms with E-state index >= 15 is 0 Å². The van der Waals surface area contributed by atoms with Crippen molar-refractivity contribution in [1.29, 1.82) is 0 Å². The van der Waals surface area contributed by atoms with E-state index in [0.29, 0.717) is 22.2 Å². The Kier molecular flexibility index (Phi) is 8.91. The fourth-order valence-electron chi connectivity index (χ4n) is 3.55. The molecular formula is C27H32N2O3S2. The Hall–Kier alpha value is -2.64. The lowest BCUT2D eigenvalue weighted by Gasteiger charge is -2.18. The van der Waals surface area contributed by atoms with Gasteiger partial charge in [0.1, 0.15) is 10.1 Å². The van der Waals surface area contributed by atoms with Crippen molar-refractivity contribution >= 4 is 51.9 Å². The molecule has 7 heteroatoms. The van der Waals surface area contributed by atoms with Crippen LogP contribution >= 0.6 is 24.0 Å². The van der Waals surface area contributed by atoms with Crippen molar-refractivity contribution < 1.29 is 14.3 Å². The first kappa shape index (κ1) is 26.0. The van der Waals surface area contributed by atoms with E-state index in [1.807, 2.05) is 42.5 Å². The summed E-state index contributed by atoms with van der Waals surface area (Å²) in [6, 6.07) is 15.6. The molecule has 0 bridgehead atoms. The lowest BCUT2D eigenvalue weighted by molar-refractivity contribution is -0.122. The summed E-state index contributed by atoms with van der Waals surface area (Å²) in [7, 11) is 1.61. The van der Waals surface area contributed by atoms with E-state index < -0.39 is 0 Å². The van der Waals surface area contributed by atoms with E-state index in [-0.39, 0.29) is 17.2 Å². The highest BCUT2D eigenvalue weighted by molar-refractivity contribution is 8.26. The van der Waals surface area contributed by atoms with Crippen molar-refractivity contribution in [2.24, 2.45) is 0 Å². The Morgan fingerprint density at radius 2 is 1.74 bits per heavy atom. The summed E-state index contributed by atoms with van der Waals surface area (Å²) in [5.74, 6) is 0.699. The zero-order valence-electron chi connectivity index (χ0n) is 20.2. The molecule has 1 N–H and O–H groups in total. The van der Waals surface area contributed by atoms with Gasteiger partial charge in [0.25, 0.3) is 5.91 Å². The van der Waals surface area contributed by atoms with Gasteiger partial charge in [-0.25, -0.2) is 0 Å². The molecule has 0 spiro atoms. The zero-order valence-corrected chi connectivity index (χ0v) is 21.9. The normalized spacial score (nSPS) is 15.2. The van der Waals surface area contributed by atoms with Crippen molar-refractivity contribution in [1.82, 2.24) is 4.90 Å². The van der Waals surface area contributed by atoms with Gasteiger partial charge in [0.15, 0.2) is 0 Å². The number of thiocarbonyl (C=S) groups is 1. The molecule has 0 atom stereocenters. The predicted molar refractivity (Wildman–Crippen MR) is 145 cm³/mol. The lowest BCUT2D eigenvalue weighted by atomic mass is 9.87. The van der Waals surface area contributed by atoms with Gasteiger partial charge in [0.2, 0.25) is 5.91 Å². The number of rotatable bonds is 9. The van der Waals surface area contributed by atoms with Crippen LogP contribution in [-0.4, -0.2) is 34.7 Å². The maximum Gasteiger partial charge on any atom is 0.266 e. The van der Waals surface area contributed by atoms with Gasteiger partial charge in [0, 0.05) is 18.7 Å². The van der Waals surface area contributed by atoms with Gasteiger partial charge in [-0.1, -0.05) is 75.4 Å². The Labute approximate surface area is 211 Å². The number of anilines is 1. The molecule has 3 rings (SSSR count). The molecule has 0 saturated carbocycles. The van der Waals surface area contributed by atoms with Gasteiger partial charge in [-0.3, -0.25) is 14.5 Å². The number of nitrogens with one attached hydrogen (secondary N) is 1. The number of ether oxygens (including phenoxy) is 1. The van der Waals surface area contributed by atoms with E-state index in [4.69, 9.17) is 17.0 Å². The number of carbonyl (C=O) groups is 2. The number of methoxy groups -OCH3 is 1. The Morgan fingerprint density at radius 1 is 1.06 bits per heavy atom. The Bertz CT molecular complexity index is 1050. The molecule has 1 aliphatic heterocycles. The molecule has 5 nitrogen and oxygen atoms in total. The third-order valence-electron chi connectivity index (χ3n) is 5.61. The number of carbonyl (C=O) groups excluding carboxylic acids is 2. The first-order valence-corrected chi connectivity index (χ1v) is 12.7. The maximum absolute atomic E-state index is 12.8. The van der Waals surface area contributed by atoms with Crippen LogP contribution in [0.5, 0.6) is 5.75 Å². The first-order valence-electron chi connectivity index (χ1n) is 11.5. The van der Waals surface area contributed by atoms with E-state index in [1.165, 1.54) is 17.3 Å². The maximum atomic E-state index is 12.8. The molecule has 2 aromatic rings. The minimum absolute atomic E-state index is 0.0174. The average molecular weight is 497 g/mol. The minimum Gasteiger partial charge on any atom is -0.497 e. The fourth-order valence-corrected chi connectivity index (χ4v) is 4.86. The highest BCUT2D eigenvalue weighted by Gasteiger charge is 2.31. The number of hydrogen-bond donors (Lipinski definition) is 1. The van der Waals surface area contributed by atoms with Crippen LogP contribution in [0, 0.1) is 0 Å². The minimum atomic E-state index is -0.0350. The van der Waals surface area contributed by atoms with Crippen LogP contribution in [0.25, 0.3) is 6.08 Å². The van der Waals surface area contributed by atoms with E-state index in [9.17, 15) is 9.59 Å². The molecular weight excluding hydrogens is 464 g/mol. The van der Waals surface area contributed by atoms with Crippen LogP contribution in [-0.2, 0) is 15.0 Å². The van der Waals surface area contributed by atoms with Crippen LogP contribution < -0.4 is 10.1 Å². The summed E-state index contributed by atoms with van der Waals surface area (Å²) in [6.45, 7) is 7.12. The molecule has 0 aliphatic carbocycles. The van der Waals surface area contributed by atoms with Gasteiger partial charge in [-0.05, 0) is 59.7 Å². The van der Waals surface area contributed by atoms with Gasteiger partial charge < -0.3 is 10.1 Å². The van der Waals surface area contributed by atoms with Gasteiger partial charge in [-0.2, -0.15) is 0 Å². The van der Waals surface area contributed by atoms with Crippen LogP contribution in [0.15, 0.2) is 53.4 Å². The predicted octanol–water partition coefficient (Wildman–Crippen LogP) is 6.39. The molecule has 1 fully saturated rings. The van der Waals surface area contributed by atoms with Crippen LogP contribution in [0.4, 0.5) is 5.69 Å². The zero-order chi connectivity index (χ0) is 24.7. The summed E-state index contributed by atoms with van der Waals surface area (Å²) < 4.78 is 5.72. The number of benzene rings is 2. The quantitative estimate of drug-likeness (QED) is 0.248. The number of amides is 2. The molecule has 2 aromatic carbocycles. The molecule has 1 heterocycles. The molecule has 0 aromatic heterocycles. The van der Waals surface area contributed by atoms with Gasteiger partial charge >= 0.3 is 0 Å². The summed E-state index contributed by atoms with van der Waals surface area (Å²) in [5, 5.41) is 2.89. The Balaban J connectivity index is 1.42. The number of thioether (sulfide) groups is 1. The number of unbranched alkanes of at least 4 members (excludes halogenated alkanes) is 2. The molecule has 180 valence electrons. The van der Waals surface area contributed by atoms with Crippen molar-refractivity contribution in [3.05, 3.63) is 64.6 Å². The van der Waals surface area contributed by atoms with Crippen molar-refractivity contribution in [2.45, 2.75) is 51.9 Å². The molecule has 0 unspecified atom stereocenters. The summed E-state index contributed by atoms with van der Waals surface area (Å²) in [6.07, 6.45) is 4.76. The largest absolute Gasteiger partial charge is 0.497 e. The SMILES string of the molecule is COc1ccc(NC(=O)CCCCCN2C(=O)/C(=C/c3ccc(C(C)(C)C)cc3)SC2=S)cc1. The summed E-state index contributed by atoms with van der Waals surface area (Å²) in [5.41, 5.74) is 3.10. The second-order valence-electron chi connectivity index (χ2n) is 9.29. The molecule has 0 radical (unpaired) electrons. The van der Waals surface area contributed by atoms with Crippen molar-refractivity contribution in [3.8, 4) is 5.75 Å². The first-order chi connectivity index (χ1) is 16.2. The summed E-state index contributed by atoms with van der Waals surface area (Å²) in [4.78, 5) is 27.3. The second-order valence-corrected chi connectivity index (χ2v) is 11.0. The Morgan fingerprint density at radius 3 is 2.35 bits per heavy atom. The van der Waals surface area contributed by atoms with Gasteiger partial charge in [0.05, 0.1) is 12.0 Å². The highest BCUT2D eigenvalue weighted by Crippen LogP contribution is 2.33. The molecule has 1 saturated heterocycles. The smallest absolute Gasteiger partial charge is 0.266 e. The van der Waals surface area contributed by atoms with E-state index in [0.717, 1.165) is 36.3 Å². The monoisotopic (exact) mass is 496 g/mol. The van der Waals surface area contributed by atoms with Crippen LogP contribution in [0.2, 0.25) is 0 Å². The standard InChI is InChI=1S/C27H32N2O3S2/c1-27(2,3)20-11-9-19(10-12-20)18-23-25(31)29(26(33)34-23)17-7-5-6-8-24(30)28-21-13-15-22(32-4)16-14-21/h9-16,18H,5-8,17H2,1-4H3,(H,28,30)/b23-18-. The topological polar surface area (TPSA) is 58.6 Å².